The number of nitrogens with zero attached hydrogens (tertiary/aromatic N) is 3. The zero-order valence-corrected chi connectivity index (χ0v) is 15.3. The van der Waals surface area contributed by atoms with Gasteiger partial charge in [0.1, 0.15) is 11.0 Å². The molecule has 1 aromatic carbocycles. The molecule has 0 spiro atoms. The quantitative estimate of drug-likeness (QED) is 0.722. The van der Waals surface area contributed by atoms with Crippen molar-refractivity contribution in [3.63, 3.8) is 0 Å². The lowest BCUT2D eigenvalue weighted by atomic mass is 10.0. The molecule has 0 saturated carbocycles. The van der Waals surface area contributed by atoms with Gasteiger partial charge in [0.05, 0.1) is 5.69 Å². The Hall–Kier alpha value is -2.50. The van der Waals surface area contributed by atoms with E-state index in [0.717, 1.165) is 35.5 Å². The summed E-state index contributed by atoms with van der Waals surface area (Å²) in [5.74, 6) is 0.628. The third kappa shape index (κ3) is 3.54. The molecular formula is C20H19ClN4O. The second-order valence-corrected chi connectivity index (χ2v) is 7.04. The number of benzene rings is 1. The summed E-state index contributed by atoms with van der Waals surface area (Å²) in [5.41, 5.74) is 4.83. The molecule has 1 aliphatic heterocycles. The van der Waals surface area contributed by atoms with Crippen molar-refractivity contribution >= 4 is 11.6 Å². The second kappa shape index (κ2) is 7.02. The zero-order valence-electron chi connectivity index (χ0n) is 14.5. The van der Waals surface area contributed by atoms with Gasteiger partial charge >= 0.3 is 0 Å². The molecule has 6 heteroatoms. The van der Waals surface area contributed by atoms with Crippen molar-refractivity contribution in [1.29, 1.82) is 0 Å². The lowest BCUT2D eigenvalue weighted by molar-refractivity contribution is 0.240. The van der Waals surface area contributed by atoms with Crippen LogP contribution in [-0.4, -0.2) is 26.4 Å². The fourth-order valence-corrected chi connectivity index (χ4v) is 3.35. The van der Waals surface area contributed by atoms with E-state index in [1.807, 2.05) is 37.3 Å². The molecule has 5 nitrogen and oxygen atoms in total. The average molecular weight is 367 g/mol. The zero-order chi connectivity index (χ0) is 18.1. The summed E-state index contributed by atoms with van der Waals surface area (Å²) in [6.45, 7) is 4.28. The van der Waals surface area contributed by atoms with E-state index in [1.54, 1.807) is 12.3 Å². The first kappa shape index (κ1) is 16.9. The number of aromatic amines is 1. The lowest BCUT2D eigenvalue weighted by Crippen LogP contribution is -2.35. The highest BCUT2D eigenvalue weighted by Gasteiger charge is 2.21. The Morgan fingerprint density at radius 1 is 1.19 bits per heavy atom. The Labute approximate surface area is 156 Å². The van der Waals surface area contributed by atoms with Crippen molar-refractivity contribution in [2.75, 3.05) is 6.54 Å². The van der Waals surface area contributed by atoms with Crippen LogP contribution in [0.4, 0.5) is 0 Å². The van der Waals surface area contributed by atoms with Gasteiger partial charge in [-0.2, -0.15) is 0 Å². The van der Waals surface area contributed by atoms with Crippen LogP contribution < -0.4 is 5.56 Å². The van der Waals surface area contributed by atoms with E-state index in [-0.39, 0.29) is 5.56 Å². The molecule has 3 aromatic rings. The van der Waals surface area contributed by atoms with Gasteiger partial charge in [-0.3, -0.25) is 9.69 Å². The first-order valence-electron chi connectivity index (χ1n) is 8.60. The molecule has 0 unspecified atom stereocenters. The maximum atomic E-state index is 12.5. The molecule has 132 valence electrons. The van der Waals surface area contributed by atoms with Gasteiger partial charge < -0.3 is 4.98 Å². The largest absolute Gasteiger partial charge is 0.306 e. The maximum absolute atomic E-state index is 12.5. The van der Waals surface area contributed by atoms with Gasteiger partial charge in [-0.25, -0.2) is 9.97 Å². The van der Waals surface area contributed by atoms with Gasteiger partial charge in [0.2, 0.25) is 0 Å². The van der Waals surface area contributed by atoms with Crippen LogP contribution in [0.5, 0.6) is 0 Å². The van der Waals surface area contributed by atoms with Crippen LogP contribution in [0.15, 0.2) is 47.4 Å². The SMILES string of the molecule is Cc1ccc(-c2nc3c(c(=O)[nH]2)CCN(Cc2ccc(Cl)nc2)C3)cc1. The molecule has 0 saturated heterocycles. The molecule has 0 radical (unpaired) electrons. The van der Waals surface area contributed by atoms with E-state index in [1.165, 1.54) is 5.56 Å². The minimum atomic E-state index is -0.0293. The summed E-state index contributed by atoms with van der Waals surface area (Å²) in [5, 5.41) is 0.494. The standard InChI is InChI=1S/C20H19ClN4O/c1-13-2-5-15(6-3-13)19-23-17-12-25(9-8-16(17)20(26)24-19)11-14-4-7-18(21)22-10-14/h2-7,10H,8-9,11-12H2,1H3,(H,23,24,26). The van der Waals surface area contributed by atoms with E-state index >= 15 is 0 Å². The normalized spacial score (nSPS) is 14.2. The summed E-state index contributed by atoms with van der Waals surface area (Å²) in [6, 6.07) is 11.8. The number of halogens is 1. The van der Waals surface area contributed by atoms with Crippen LogP contribution in [0.3, 0.4) is 0 Å². The molecule has 0 aliphatic carbocycles. The highest BCUT2D eigenvalue weighted by molar-refractivity contribution is 6.29. The van der Waals surface area contributed by atoms with Gasteiger partial charge in [-0.1, -0.05) is 47.5 Å². The average Bonchev–Trinajstić information content (AvgIpc) is 2.64. The summed E-state index contributed by atoms with van der Waals surface area (Å²) >= 11 is 5.85. The lowest BCUT2D eigenvalue weighted by Gasteiger charge is -2.27. The number of pyridine rings is 1. The molecule has 2 aromatic heterocycles. The van der Waals surface area contributed by atoms with Gasteiger partial charge in [0.15, 0.2) is 0 Å². The summed E-state index contributed by atoms with van der Waals surface area (Å²) in [4.78, 5) is 26.6. The van der Waals surface area contributed by atoms with Crippen LogP contribution in [0, 0.1) is 6.92 Å². The van der Waals surface area contributed by atoms with Crippen LogP contribution in [0.2, 0.25) is 5.15 Å². The van der Waals surface area contributed by atoms with Crippen molar-refractivity contribution < 1.29 is 0 Å². The molecule has 4 rings (SSSR count). The molecule has 1 aliphatic rings. The number of hydrogen-bond donors (Lipinski definition) is 1. The predicted molar refractivity (Wildman–Crippen MR) is 102 cm³/mol. The fourth-order valence-electron chi connectivity index (χ4n) is 3.24. The molecule has 0 atom stereocenters. The van der Waals surface area contributed by atoms with Crippen molar-refractivity contribution in [3.8, 4) is 11.4 Å². The van der Waals surface area contributed by atoms with E-state index in [9.17, 15) is 4.79 Å². The summed E-state index contributed by atoms with van der Waals surface area (Å²) in [7, 11) is 0. The highest BCUT2D eigenvalue weighted by atomic mass is 35.5. The minimum Gasteiger partial charge on any atom is -0.306 e. The number of hydrogen-bond acceptors (Lipinski definition) is 4. The van der Waals surface area contributed by atoms with E-state index < -0.39 is 0 Å². The number of fused-ring (bicyclic) bond motifs is 1. The van der Waals surface area contributed by atoms with Crippen LogP contribution in [0.1, 0.15) is 22.4 Å². The Kier molecular flexibility index (Phi) is 4.57. The van der Waals surface area contributed by atoms with Gasteiger partial charge in [-0.15, -0.1) is 0 Å². The van der Waals surface area contributed by atoms with Gasteiger partial charge in [0, 0.05) is 37.0 Å². The van der Waals surface area contributed by atoms with Crippen LogP contribution in [0.25, 0.3) is 11.4 Å². The Bertz CT molecular complexity index is 980. The van der Waals surface area contributed by atoms with Gasteiger partial charge in [-0.05, 0) is 25.0 Å². The molecule has 1 N–H and O–H groups in total. The number of rotatable bonds is 3. The Morgan fingerprint density at radius 2 is 2.00 bits per heavy atom. The molecule has 3 heterocycles. The van der Waals surface area contributed by atoms with Crippen LogP contribution in [-0.2, 0) is 19.5 Å². The monoisotopic (exact) mass is 366 g/mol. The van der Waals surface area contributed by atoms with E-state index in [4.69, 9.17) is 16.6 Å². The highest BCUT2D eigenvalue weighted by Crippen LogP contribution is 2.20. The Balaban J connectivity index is 1.60. The predicted octanol–water partition coefficient (Wildman–Crippen LogP) is 3.35. The van der Waals surface area contributed by atoms with Crippen molar-refractivity contribution in [1.82, 2.24) is 19.9 Å². The van der Waals surface area contributed by atoms with Gasteiger partial charge in [0.25, 0.3) is 5.56 Å². The first-order chi connectivity index (χ1) is 12.6. The number of aryl methyl sites for hydroxylation is 1. The second-order valence-electron chi connectivity index (χ2n) is 6.66. The van der Waals surface area contributed by atoms with Crippen molar-refractivity contribution in [3.05, 3.63) is 80.5 Å². The minimum absolute atomic E-state index is 0.0293. The molecule has 0 amide bonds. The number of H-pyrrole nitrogens is 1. The first-order valence-corrected chi connectivity index (χ1v) is 8.98. The van der Waals surface area contributed by atoms with E-state index in [0.29, 0.717) is 23.9 Å². The topological polar surface area (TPSA) is 61.9 Å². The molecular weight excluding hydrogens is 348 g/mol. The molecule has 0 bridgehead atoms. The third-order valence-corrected chi connectivity index (χ3v) is 4.90. The fraction of sp³-hybridized carbons (Fsp3) is 0.250. The van der Waals surface area contributed by atoms with E-state index in [2.05, 4.69) is 14.9 Å². The molecule has 0 fully saturated rings. The smallest absolute Gasteiger partial charge is 0.254 e. The number of nitrogens with one attached hydrogen (secondary N) is 1. The number of aromatic nitrogens is 3. The van der Waals surface area contributed by atoms with Crippen LogP contribution >= 0.6 is 11.6 Å². The van der Waals surface area contributed by atoms with Crippen molar-refractivity contribution in [2.45, 2.75) is 26.4 Å². The Morgan fingerprint density at radius 3 is 2.73 bits per heavy atom. The third-order valence-electron chi connectivity index (χ3n) is 4.67. The maximum Gasteiger partial charge on any atom is 0.254 e. The molecule has 26 heavy (non-hydrogen) atoms. The summed E-state index contributed by atoms with van der Waals surface area (Å²) < 4.78 is 0. The summed E-state index contributed by atoms with van der Waals surface area (Å²) in [6.07, 6.45) is 2.49. The van der Waals surface area contributed by atoms with Crippen molar-refractivity contribution in [2.24, 2.45) is 0 Å².